The van der Waals surface area contributed by atoms with Crippen molar-refractivity contribution in [1.82, 2.24) is 0 Å². The standard InChI is InChI=1S/C12H16N2O4/c1-8-6-5-7-9(14(17)18)10(8)13(4)12(2,3)11(15)16/h5-7H,1-4H3,(H,15,16). The molecule has 0 radical (unpaired) electrons. The van der Waals surface area contributed by atoms with Crippen LogP contribution in [-0.4, -0.2) is 28.6 Å². The molecule has 0 aliphatic heterocycles. The summed E-state index contributed by atoms with van der Waals surface area (Å²) < 4.78 is 0. The van der Waals surface area contributed by atoms with Crippen LogP contribution in [0.3, 0.4) is 0 Å². The van der Waals surface area contributed by atoms with Gasteiger partial charge in [-0.1, -0.05) is 12.1 Å². The molecule has 0 fully saturated rings. The van der Waals surface area contributed by atoms with E-state index in [1.54, 1.807) is 26.1 Å². The van der Waals surface area contributed by atoms with Gasteiger partial charge >= 0.3 is 5.97 Å². The van der Waals surface area contributed by atoms with Crippen molar-refractivity contribution >= 4 is 17.3 Å². The maximum absolute atomic E-state index is 11.2. The quantitative estimate of drug-likeness (QED) is 0.656. The molecule has 0 unspecified atom stereocenters. The molecule has 0 heterocycles. The Morgan fingerprint density at radius 1 is 1.44 bits per heavy atom. The number of para-hydroxylation sites is 1. The molecular weight excluding hydrogens is 236 g/mol. The fourth-order valence-corrected chi connectivity index (χ4v) is 1.65. The van der Waals surface area contributed by atoms with E-state index >= 15 is 0 Å². The molecule has 6 nitrogen and oxygen atoms in total. The molecule has 1 rings (SSSR count). The van der Waals surface area contributed by atoms with Crippen LogP contribution in [0.25, 0.3) is 0 Å². The third-order valence-corrected chi connectivity index (χ3v) is 3.11. The van der Waals surface area contributed by atoms with Crippen LogP contribution in [-0.2, 0) is 4.79 Å². The van der Waals surface area contributed by atoms with Crippen molar-refractivity contribution in [3.8, 4) is 0 Å². The molecular formula is C12H16N2O4. The molecule has 98 valence electrons. The molecule has 0 aliphatic rings. The van der Waals surface area contributed by atoms with E-state index in [1.807, 2.05) is 0 Å². The fourth-order valence-electron chi connectivity index (χ4n) is 1.65. The molecule has 0 saturated heterocycles. The highest BCUT2D eigenvalue weighted by molar-refractivity contribution is 5.84. The summed E-state index contributed by atoms with van der Waals surface area (Å²) in [7, 11) is 1.55. The van der Waals surface area contributed by atoms with Crippen LogP contribution in [0.2, 0.25) is 0 Å². The van der Waals surface area contributed by atoms with Gasteiger partial charge in [-0.2, -0.15) is 0 Å². The minimum absolute atomic E-state index is 0.0909. The Morgan fingerprint density at radius 2 is 2.00 bits per heavy atom. The Balaban J connectivity index is 3.41. The van der Waals surface area contributed by atoms with Gasteiger partial charge in [0.1, 0.15) is 11.2 Å². The first kappa shape index (κ1) is 14.0. The van der Waals surface area contributed by atoms with Gasteiger partial charge in [0.25, 0.3) is 5.69 Å². The summed E-state index contributed by atoms with van der Waals surface area (Å²) in [5.41, 5.74) is -0.320. The minimum atomic E-state index is -1.23. The summed E-state index contributed by atoms with van der Waals surface area (Å²) >= 11 is 0. The number of carboxylic acids is 1. The normalized spacial score (nSPS) is 11.1. The van der Waals surface area contributed by atoms with E-state index in [1.165, 1.54) is 24.8 Å². The van der Waals surface area contributed by atoms with Gasteiger partial charge in [0.2, 0.25) is 0 Å². The number of carboxylic acid groups (broad SMARTS) is 1. The monoisotopic (exact) mass is 252 g/mol. The van der Waals surface area contributed by atoms with Crippen LogP contribution in [0.15, 0.2) is 18.2 Å². The molecule has 0 aromatic heterocycles. The van der Waals surface area contributed by atoms with E-state index in [0.717, 1.165) is 0 Å². The van der Waals surface area contributed by atoms with Gasteiger partial charge in [-0.05, 0) is 26.3 Å². The maximum Gasteiger partial charge on any atom is 0.328 e. The predicted molar refractivity (Wildman–Crippen MR) is 68.0 cm³/mol. The van der Waals surface area contributed by atoms with E-state index in [4.69, 9.17) is 0 Å². The first-order valence-corrected chi connectivity index (χ1v) is 5.40. The zero-order valence-corrected chi connectivity index (χ0v) is 10.8. The average molecular weight is 252 g/mol. The second-order valence-corrected chi connectivity index (χ2v) is 4.62. The summed E-state index contributed by atoms with van der Waals surface area (Å²) in [6.45, 7) is 4.73. The van der Waals surface area contributed by atoms with Crippen molar-refractivity contribution < 1.29 is 14.8 Å². The maximum atomic E-state index is 11.2. The predicted octanol–water partition coefficient (Wildman–Crippen LogP) is 2.20. The first-order chi connectivity index (χ1) is 8.19. The largest absolute Gasteiger partial charge is 0.480 e. The molecule has 18 heavy (non-hydrogen) atoms. The highest BCUT2D eigenvalue weighted by Gasteiger charge is 2.36. The number of hydrogen-bond donors (Lipinski definition) is 1. The van der Waals surface area contributed by atoms with Gasteiger partial charge in [-0.15, -0.1) is 0 Å². The number of aryl methyl sites for hydroxylation is 1. The molecule has 1 aromatic carbocycles. The van der Waals surface area contributed by atoms with Crippen molar-refractivity contribution in [2.24, 2.45) is 0 Å². The van der Waals surface area contributed by atoms with Crippen LogP contribution in [0.5, 0.6) is 0 Å². The lowest BCUT2D eigenvalue weighted by Gasteiger charge is -2.34. The number of anilines is 1. The second kappa shape index (κ2) is 4.64. The highest BCUT2D eigenvalue weighted by Crippen LogP contribution is 2.34. The number of nitrogens with zero attached hydrogens (tertiary/aromatic N) is 2. The molecule has 0 bridgehead atoms. The summed E-state index contributed by atoms with van der Waals surface area (Å²) in [6.07, 6.45) is 0. The smallest absolute Gasteiger partial charge is 0.328 e. The summed E-state index contributed by atoms with van der Waals surface area (Å²) in [5, 5.41) is 20.2. The number of rotatable bonds is 4. The topological polar surface area (TPSA) is 83.7 Å². The lowest BCUT2D eigenvalue weighted by molar-refractivity contribution is -0.384. The molecule has 6 heteroatoms. The lowest BCUT2D eigenvalue weighted by atomic mass is 10.0. The van der Waals surface area contributed by atoms with Gasteiger partial charge in [-0.3, -0.25) is 10.1 Å². The number of benzene rings is 1. The van der Waals surface area contributed by atoms with Crippen molar-refractivity contribution in [3.63, 3.8) is 0 Å². The van der Waals surface area contributed by atoms with Crippen molar-refractivity contribution in [2.75, 3.05) is 11.9 Å². The number of likely N-dealkylation sites (N-methyl/N-ethyl adjacent to an activating group) is 1. The summed E-state index contributed by atoms with van der Waals surface area (Å²) in [6, 6.07) is 4.67. The fraction of sp³-hybridized carbons (Fsp3) is 0.417. The summed E-state index contributed by atoms with van der Waals surface area (Å²) in [5.74, 6) is -1.04. The Hall–Kier alpha value is -2.11. The Bertz CT molecular complexity index is 497. The molecule has 1 aromatic rings. The Labute approximate surface area is 105 Å². The van der Waals surface area contributed by atoms with Crippen molar-refractivity contribution in [1.29, 1.82) is 0 Å². The van der Waals surface area contributed by atoms with Crippen molar-refractivity contribution in [2.45, 2.75) is 26.3 Å². The Kier molecular flexibility index (Phi) is 3.59. The van der Waals surface area contributed by atoms with E-state index in [0.29, 0.717) is 11.3 Å². The number of nitro groups is 1. The van der Waals surface area contributed by atoms with Gasteiger partial charge in [0, 0.05) is 13.1 Å². The number of hydrogen-bond acceptors (Lipinski definition) is 4. The first-order valence-electron chi connectivity index (χ1n) is 5.40. The minimum Gasteiger partial charge on any atom is -0.480 e. The highest BCUT2D eigenvalue weighted by atomic mass is 16.6. The van der Waals surface area contributed by atoms with Crippen LogP contribution in [0, 0.1) is 17.0 Å². The zero-order chi connectivity index (χ0) is 14.1. The zero-order valence-electron chi connectivity index (χ0n) is 10.8. The number of carbonyl (C=O) groups is 1. The third-order valence-electron chi connectivity index (χ3n) is 3.11. The summed E-state index contributed by atoms with van der Waals surface area (Å²) in [4.78, 5) is 23.1. The van der Waals surface area contributed by atoms with Crippen LogP contribution in [0.1, 0.15) is 19.4 Å². The van der Waals surface area contributed by atoms with Crippen LogP contribution >= 0.6 is 0 Å². The van der Waals surface area contributed by atoms with Crippen LogP contribution < -0.4 is 4.90 Å². The molecule has 0 spiro atoms. The van der Waals surface area contributed by atoms with E-state index in [9.17, 15) is 20.0 Å². The van der Waals surface area contributed by atoms with E-state index in [-0.39, 0.29) is 5.69 Å². The SMILES string of the molecule is Cc1cccc([N+](=O)[O-])c1N(C)C(C)(C)C(=O)O. The number of aliphatic carboxylic acids is 1. The van der Waals surface area contributed by atoms with E-state index < -0.39 is 16.4 Å². The second-order valence-electron chi connectivity index (χ2n) is 4.62. The van der Waals surface area contributed by atoms with Crippen LogP contribution in [0.4, 0.5) is 11.4 Å². The molecule has 0 aliphatic carbocycles. The van der Waals surface area contributed by atoms with Gasteiger partial charge in [-0.25, -0.2) is 4.79 Å². The molecule has 1 N–H and O–H groups in total. The van der Waals surface area contributed by atoms with E-state index in [2.05, 4.69) is 0 Å². The number of nitro benzene ring substituents is 1. The van der Waals surface area contributed by atoms with Crippen molar-refractivity contribution in [3.05, 3.63) is 33.9 Å². The molecule has 0 atom stereocenters. The molecule has 0 saturated carbocycles. The Morgan fingerprint density at radius 3 is 2.44 bits per heavy atom. The third kappa shape index (κ3) is 2.27. The molecule has 0 amide bonds. The van der Waals surface area contributed by atoms with Gasteiger partial charge in [0.05, 0.1) is 4.92 Å². The van der Waals surface area contributed by atoms with Gasteiger partial charge < -0.3 is 10.0 Å². The average Bonchev–Trinajstić information content (AvgIpc) is 2.27. The lowest BCUT2D eigenvalue weighted by Crippen LogP contribution is -2.48. The van der Waals surface area contributed by atoms with Gasteiger partial charge in [0.15, 0.2) is 0 Å².